The molecule has 0 spiro atoms. The number of hydrogen-bond acceptors (Lipinski definition) is 6. The molecule has 0 aliphatic carbocycles. The second-order valence-electron chi connectivity index (χ2n) is 10.4. The lowest BCUT2D eigenvalue weighted by Crippen LogP contribution is -2.46. The van der Waals surface area contributed by atoms with Crippen molar-refractivity contribution in [2.75, 3.05) is 49.5 Å². The maximum atomic E-state index is 13.8. The molecule has 40 heavy (non-hydrogen) atoms. The Bertz CT molecular complexity index is 1970. The zero-order valence-electron chi connectivity index (χ0n) is 22.2. The second kappa shape index (κ2) is 10.2. The quantitative estimate of drug-likeness (QED) is 0.167. The minimum Gasteiger partial charge on any atom is -0.453 e. The van der Waals surface area contributed by atoms with Crippen molar-refractivity contribution in [3.63, 3.8) is 0 Å². The first-order valence-corrected chi connectivity index (χ1v) is 13.9. The molecular weight excluding hydrogens is 500 g/mol. The summed E-state index contributed by atoms with van der Waals surface area (Å²) in [5, 5.41) is 5.13. The van der Waals surface area contributed by atoms with Crippen LogP contribution in [0.15, 0.2) is 98.9 Å². The number of rotatable bonds is 6. The van der Waals surface area contributed by atoms with E-state index in [-0.39, 0.29) is 10.9 Å². The van der Waals surface area contributed by atoms with Crippen molar-refractivity contribution in [1.82, 2.24) is 9.88 Å². The van der Waals surface area contributed by atoms with E-state index in [0.29, 0.717) is 50.5 Å². The highest BCUT2D eigenvalue weighted by molar-refractivity contribution is 6.14. The summed E-state index contributed by atoms with van der Waals surface area (Å²) in [6, 6.07) is 27.1. The molecule has 7 heteroatoms. The fraction of sp³-hybridized carbons (Fsp3) is 0.212. The third-order valence-corrected chi connectivity index (χ3v) is 7.99. The minimum atomic E-state index is -0.170. The molecular formula is C33H30N4O3. The van der Waals surface area contributed by atoms with Gasteiger partial charge in [0.25, 0.3) is 0 Å². The summed E-state index contributed by atoms with van der Waals surface area (Å²) in [6.45, 7) is 5.70. The summed E-state index contributed by atoms with van der Waals surface area (Å²) in [5.41, 5.74) is 4.14. The molecule has 0 bridgehead atoms. The van der Waals surface area contributed by atoms with Gasteiger partial charge in [0, 0.05) is 60.9 Å². The van der Waals surface area contributed by atoms with Crippen LogP contribution in [0, 0.1) is 0 Å². The highest BCUT2D eigenvalue weighted by Crippen LogP contribution is 2.31. The summed E-state index contributed by atoms with van der Waals surface area (Å²) in [5.74, 6) is 0. The van der Waals surface area contributed by atoms with Crippen LogP contribution in [-0.4, -0.2) is 49.2 Å². The second-order valence-corrected chi connectivity index (χ2v) is 10.4. The lowest BCUT2D eigenvalue weighted by atomic mass is 9.99. The van der Waals surface area contributed by atoms with Crippen LogP contribution in [0.2, 0.25) is 0 Å². The Kier molecular flexibility index (Phi) is 6.21. The molecule has 1 aliphatic rings. The average Bonchev–Trinajstić information content (AvgIpc) is 3.01. The molecule has 0 amide bonds. The van der Waals surface area contributed by atoms with Gasteiger partial charge in [0.1, 0.15) is 0 Å². The first-order valence-electron chi connectivity index (χ1n) is 13.9. The Balaban J connectivity index is 1.18. The molecule has 5 aromatic carbocycles. The van der Waals surface area contributed by atoms with Gasteiger partial charge in [0.2, 0.25) is 0 Å². The van der Waals surface area contributed by atoms with Crippen molar-refractivity contribution in [3.8, 4) is 0 Å². The Morgan fingerprint density at radius 2 is 1.43 bits per heavy atom. The summed E-state index contributed by atoms with van der Waals surface area (Å²) < 4.78 is 6.22. The highest BCUT2D eigenvalue weighted by Gasteiger charge is 2.20. The third-order valence-electron chi connectivity index (χ3n) is 7.99. The predicted octanol–water partition coefficient (Wildman–Crippen LogP) is 5.57. The highest BCUT2D eigenvalue weighted by atomic mass is 16.3. The number of piperazine rings is 1. The standard InChI is InChI=1S/C33H30N4O3/c38-32-23-11-4-5-12-24(23)33(39)30-29(32)26(21-28-31(30)35-25-13-6-7-14-27(25)40-28)34-15-8-16-36-17-19-37(20-18-36)22-9-2-1-3-10-22/h1-7,9-14,21,34-35H,8,15-20H2. The van der Waals surface area contributed by atoms with E-state index in [1.54, 1.807) is 24.3 Å². The number of hydrogen-bond donors (Lipinski definition) is 2. The van der Waals surface area contributed by atoms with E-state index in [4.69, 9.17) is 4.42 Å². The van der Waals surface area contributed by atoms with E-state index in [1.807, 2.05) is 30.3 Å². The minimum absolute atomic E-state index is 0.145. The Hall–Kier alpha value is -4.62. The Morgan fingerprint density at radius 1 is 0.750 bits per heavy atom. The van der Waals surface area contributed by atoms with Gasteiger partial charge in [-0.05, 0) is 37.2 Å². The van der Waals surface area contributed by atoms with Gasteiger partial charge in [0.05, 0.1) is 21.8 Å². The van der Waals surface area contributed by atoms with E-state index < -0.39 is 0 Å². The number of aromatic amines is 1. The van der Waals surface area contributed by atoms with Crippen molar-refractivity contribution < 1.29 is 4.42 Å². The molecule has 0 saturated carbocycles. The van der Waals surface area contributed by atoms with Gasteiger partial charge < -0.3 is 19.6 Å². The number of para-hydroxylation sites is 3. The van der Waals surface area contributed by atoms with Crippen molar-refractivity contribution >= 4 is 55.1 Å². The fourth-order valence-corrected chi connectivity index (χ4v) is 5.92. The van der Waals surface area contributed by atoms with E-state index in [1.165, 1.54) is 5.69 Å². The molecule has 2 N–H and O–H groups in total. The Morgan fingerprint density at radius 3 is 2.20 bits per heavy atom. The number of aromatic nitrogens is 1. The fourth-order valence-electron chi connectivity index (χ4n) is 5.92. The summed E-state index contributed by atoms with van der Waals surface area (Å²) in [6.07, 6.45) is 0.915. The van der Waals surface area contributed by atoms with Crippen LogP contribution in [0.25, 0.3) is 43.7 Å². The zero-order chi connectivity index (χ0) is 27.1. The molecule has 200 valence electrons. The smallest absolute Gasteiger partial charge is 0.196 e. The molecule has 7 rings (SSSR count). The normalized spacial score (nSPS) is 14.4. The molecule has 0 unspecified atom stereocenters. The summed E-state index contributed by atoms with van der Waals surface area (Å²) in [7, 11) is 0. The number of nitrogens with zero attached hydrogens (tertiary/aromatic N) is 2. The summed E-state index contributed by atoms with van der Waals surface area (Å²) in [4.78, 5) is 35.8. The van der Waals surface area contributed by atoms with Crippen LogP contribution in [0.4, 0.5) is 11.4 Å². The largest absolute Gasteiger partial charge is 0.453 e. The van der Waals surface area contributed by atoms with Gasteiger partial charge in [-0.2, -0.15) is 0 Å². The molecule has 2 heterocycles. The molecule has 1 fully saturated rings. The number of anilines is 2. The maximum absolute atomic E-state index is 13.8. The lowest BCUT2D eigenvalue weighted by molar-refractivity contribution is 0.257. The first kappa shape index (κ1) is 24.4. The number of H-pyrrole nitrogens is 1. The number of nitrogens with one attached hydrogen (secondary N) is 2. The number of fused-ring (bicyclic) bond motifs is 5. The van der Waals surface area contributed by atoms with Crippen LogP contribution < -0.4 is 21.1 Å². The molecule has 1 aliphatic heterocycles. The van der Waals surface area contributed by atoms with Crippen LogP contribution in [-0.2, 0) is 0 Å². The third kappa shape index (κ3) is 4.28. The van der Waals surface area contributed by atoms with E-state index >= 15 is 0 Å². The maximum Gasteiger partial charge on any atom is 0.196 e. The topological polar surface area (TPSA) is 81.6 Å². The molecule has 0 radical (unpaired) electrons. The van der Waals surface area contributed by atoms with Gasteiger partial charge in [-0.3, -0.25) is 14.5 Å². The van der Waals surface area contributed by atoms with Crippen LogP contribution in [0.1, 0.15) is 6.42 Å². The zero-order valence-corrected chi connectivity index (χ0v) is 22.2. The molecule has 1 aromatic heterocycles. The summed E-state index contributed by atoms with van der Waals surface area (Å²) >= 11 is 0. The molecule has 1 saturated heterocycles. The van der Waals surface area contributed by atoms with E-state index in [9.17, 15) is 9.59 Å². The SMILES string of the molecule is O=c1c2ccccc2c(=O)c2c1c(NCCCN1CCN(c3ccccc3)CC1)cc1oc3ccccc3[nH]c12. The van der Waals surface area contributed by atoms with Crippen molar-refractivity contribution in [1.29, 1.82) is 0 Å². The van der Waals surface area contributed by atoms with Gasteiger partial charge >= 0.3 is 0 Å². The van der Waals surface area contributed by atoms with Crippen LogP contribution in [0.5, 0.6) is 0 Å². The van der Waals surface area contributed by atoms with Crippen LogP contribution in [0.3, 0.4) is 0 Å². The van der Waals surface area contributed by atoms with Crippen molar-refractivity contribution in [2.24, 2.45) is 0 Å². The van der Waals surface area contributed by atoms with E-state index in [2.05, 4.69) is 50.4 Å². The molecule has 6 aromatic rings. The molecule has 0 atom stereocenters. The average molecular weight is 531 g/mol. The molecule has 7 nitrogen and oxygen atoms in total. The van der Waals surface area contributed by atoms with Gasteiger partial charge in [-0.25, -0.2) is 0 Å². The van der Waals surface area contributed by atoms with Crippen molar-refractivity contribution in [2.45, 2.75) is 6.42 Å². The monoisotopic (exact) mass is 530 g/mol. The van der Waals surface area contributed by atoms with Gasteiger partial charge in [-0.1, -0.05) is 54.6 Å². The first-order chi connectivity index (χ1) is 19.7. The van der Waals surface area contributed by atoms with Gasteiger partial charge in [-0.15, -0.1) is 0 Å². The predicted molar refractivity (Wildman–Crippen MR) is 164 cm³/mol. The van der Waals surface area contributed by atoms with E-state index in [0.717, 1.165) is 44.7 Å². The Labute approximate surface area is 230 Å². The number of benzene rings is 5. The van der Waals surface area contributed by atoms with Crippen molar-refractivity contribution in [3.05, 3.63) is 105 Å². The van der Waals surface area contributed by atoms with Gasteiger partial charge in [0.15, 0.2) is 22.0 Å². The van der Waals surface area contributed by atoms with Crippen LogP contribution >= 0.6 is 0 Å². The lowest BCUT2D eigenvalue weighted by Gasteiger charge is -2.36.